The molecule has 8 heteroatoms. The molecule has 7 nitrogen and oxygen atoms in total. The molecule has 0 saturated carbocycles. The molecule has 19 heavy (non-hydrogen) atoms. The van der Waals surface area contributed by atoms with Crippen LogP contribution >= 0.6 is 0 Å². The molecule has 0 amide bonds. The van der Waals surface area contributed by atoms with Crippen LogP contribution in [0, 0.1) is 0 Å². The molecule has 0 aliphatic rings. The van der Waals surface area contributed by atoms with Gasteiger partial charge in [0.25, 0.3) is 0 Å². The molecule has 1 aromatic carbocycles. The fraction of sp³-hybridized carbons (Fsp3) is 0.364. The summed E-state index contributed by atoms with van der Waals surface area (Å²) in [5.74, 6) is -1.22. The van der Waals surface area contributed by atoms with E-state index in [9.17, 15) is 13.2 Å². The van der Waals surface area contributed by atoms with Crippen LogP contribution in [-0.2, 0) is 10.0 Å². The van der Waals surface area contributed by atoms with Gasteiger partial charge in [-0.25, -0.2) is 17.9 Å². The average Bonchev–Trinajstić information content (AvgIpc) is 2.35. The number of hydrogen-bond acceptors (Lipinski definition) is 5. The Labute approximate surface area is 110 Å². The normalized spacial score (nSPS) is 13.0. The molecule has 1 rings (SSSR count). The monoisotopic (exact) mass is 289 g/mol. The summed E-state index contributed by atoms with van der Waals surface area (Å²) in [5.41, 5.74) is -0.248. The number of sulfonamides is 1. The molecular formula is C11H15NO6S. The van der Waals surface area contributed by atoms with Gasteiger partial charge in [0, 0.05) is 6.54 Å². The van der Waals surface area contributed by atoms with E-state index in [2.05, 4.69) is 4.72 Å². The van der Waals surface area contributed by atoms with Gasteiger partial charge in [0.1, 0.15) is 11.3 Å². The topological polar surface area (TPSA) is 113 Å². The molecule has 0 spiro atoms. The number of aliphatic hydroxyl groups is 1. The maximum absolute atomic E-state index is 11.9. The van der Waals surface area contributed by atoms with E-state index in [0.29, 0.717) is 0 Å². The van der Waals surface area contributed by atoms with Gasteiger partial charge in [-0.1, -0.05) is 0 Å². The second-order valence-corrected chi connectivity index (χ2v) is 5.64. The molecule has 0 bridgehead atoms. The zero-order valence-electron chi connectivity index (χ0n) is 10.5. The van der Waals surface area contributed by atoms with Crippen molar-refractivity contribution in [1.82, 2.24) is 4.72 Å². The molecule has 0 heterocycles. The highest BCUT2D eigenvalue weighted by Gasteiger charge is 2.19. The molecule has 106 valence electrons. The van der Waals surface area contributed by atoms with E-state index in [-0.39, 0.29) is 22.8 Å². The van der Waals surface area contributed by atoms with Crippen LogP contribution in [0.15, 0.2) is 23.1 Å². The van der Waals surface area contributed by atoms with Crippen molar-refractivity contribution < 1.29 is 28.2 Å². The van der Waals surface area contributed by atoms with Crippen LogP contribution in [0.25, 0.3) is 0 Å². The lowest BCUT2D eigenvalue weighted by molar-refractivity contribution is 0.0693. The van der Waals surface area contributed by atoms with E-state index in [1.54, 1.807) is 0 Å². The van der Waals surface area contributed by atoms with Gasteiger partial charge in [-0.05, 0) is 25.1 Å². The molecule has 1 aromatic rings. The van der Waals surface area contributed by atoms with Crippen molar-refractivity contribution in [3.8, 4) is 5.75 Å². The number of methoxy groups -OCH3 is 1. The van der Waals surface area contributed by atoms with Crippen LogP contribution in [0.2, 0.25) is 0 Å². The lowest BCUT2D eigenvalue weighted by atomic mass is 10.2. The molecule has 1 unspecified atom stereocenters. The number of hydrogen-bond donors (Lipinski definition) is 3. The highest BCUT2D eigenvalue weighted by Crippen LogP contribution is 2.22. The second kappa shape index (κ2) is 6.00. The molecule has 3 N–H and O–H groups in total. The molecular weight excluding hydrogens is 274 g/mol. The minimum atomic E-state index is -3.87. The lowest BCUT2D eigenvalue weighted by Crippen LogP contribution is -2.30. The van der Waals surface area contributed by atoms with E-state index in [4.69, 9.17) is 14.9 Å². The van der Waals surface area contributed by atoms with E-state index in [0.717, 1.165) is 6.07 Å². The van der Waals surface area contributed by atoms with E-state index in [1.807, 2.05) is 0 Å². The Kier molecular flexibility index (Phi) is 4.87. The summed E-state index contributed by atoms with van der Waals surface area (Å²) in [6.45, 7) is 1.27. The molecule has 0 saturated heterocycles. The number of rotatable bonds is 6. The van der Waals surface area contributed by atoms with Crippen molar-refractivity contribution in [3.05, 3.63) is 23.8 Å². The SMILES string of the molecule is COc1ccc(S(=O)(=O)NCC(C)O)cc1C(=O)O. The Morgan fingerprint density at radius 1 is 1.47 bits per heavy atom. The number of ether oxygens (including phenoxy) is 1. The van der Waals surface area contributed by atoms with Gasteiger partial charge in [0.2, 0.25) is 10.0 Å². The van der Waals surface area contributed by atoms with Crippen molar-refractivity contribution in [2.75, 3.05) is 13.7 Å². The Hall–Kier alpha value is -1.64. The van der Waals surface area contributed by atoms with Crippen molar-refractivity contribution in [2.24, 2.45) is 0 Å². The van der Waals surface area contributed by atoms with Gasteiger partial charge in [0.15, 0.2) is 0 Å². The summed E-state index contributed by atoms with van der Waals surface area (Å²) in [5, 5.41) is 18.0. The number of carboxylic acids is 1. The van der Waals surface area contributed by atoms with Crippen LogP contribution < -0.4 is 9.46 Å². The summed E-state index contributed by atoms with van der Waals surface area (Å²) >= 11 is 0. The predicted molar refractivity (Wildman–Crippen MR) is 66.8 cm³/mol. The van der Waals surface area contributed by atoms with Gasteiger partial charge in [0.05, 0.1) is 18.1 Å². The molecule has 1 atom stereocenters. The number of aliphatic hydroxyl groups excluding tert-OH is 1. The zero-order valence-corrected chi connectivity index (χ0v) is 11.3. The average molecular weight is 289 g/mol. The van der Waals surface area contributed by atoms with E-state index in [1.165, 1.54) is 26.2 Å². The first-order chi connectivity index (χ1) is 8.77. The van der Waals surface area contributed by atoms with Crippen LogP contribution in [0.4, 0.5) is 0 Å². The maximum Gasteiger partial charge on any atom is 0.339 e. The third-order valence-electron chi connectivity index (χ3n) is 2.28. The summed E-state index contributed by atoms with van der Waals surface area (Å²) in [6.07, 6.45) is -0.841. The lowest BCUT2D eigenvalue weighted by Gasteiger charge is -2.10. The fourth-order valence-electron chi connectivity index (χ4n) is 1.34. The Balaban J connectivity index is 3.14. The van der Waals surface area contributed by atoms with Gasteiger partial charge in [-0.2, -0.15) is 0 Å². The van der Waals surface area contributed by atoms with Crippen molar-refractivity contribution in [2.45, 2.75) is 17.9 Å². The van der Waals surface area contributed by atoms with Crippen LogP contribution in [0.5, 0.6) is 5.75 Å². The highest BCUT2D eigenvalue weighted by molar-refractivity contribution is 7.89. The second-order valence-electron chi connectivity index (χ2n) is 3.87. The Morgan fingerprint density at radius 3 is 2.58 bits per heavy atom. The van der Waals surface area contributed by atoms with E-state index >= 15 is 0 Å². The Bertz CT molecular complexity index is 567. The minimum absolute atomic E-state index is 0.0713. The first-order valence-electron chi connectivity index (χ1n) is 5.37. The number of benzene rings is 1. The van der Waals surface area contributed by atoms with Gasteiger partial charge >= 0.3 is 5.97 Å². The first kappa shape index (κ1) is 15.4. The first-order valence-corrected chi connectivity index (χ1v) is 6.85. The summed E-state index contributed by atoms with van der Waals surface area (Å²) in [6, 6.07) is 3.50. The van der Waals surface area contributed by atoms with Crippen molar-refractivity contribution in [1.29, 1.82) is 0 Å². The zero-order chi connectivity index (χ0) is 14.6. The fourth-order valence-corrected chi connectivity index (χ4v) is 2.48. The molecule has 0 aromatic heterocycles. The van der Waals surface area contributed by atoms with Crippen LogP contribution in [0.3, 0.4) is 0 Å². The summed E-state index contributed by atoms with van der Waals surface area (Å²) < 4.78 is 30.7. The molecule has 0 radical (unpaired) electrons. The predicted octanol–water partition coefficient (Wildman–Crippen LogP) is 0.0525. The maximum atomic E-state index is 11.9. The third-order valence-corrected chi connectivity index (χ3v) is 3.70. The number of nitrogens with one attached hydrogen (secondary N) is 1. The standard InChI is InChI=1S/C11H15NO6S/c1-7(13)6-12-19(16,17)8-3-4-10(18-2)9(5-8)11(14)15/h3-5,7,12-13H,6H2,1-2H3,(H,14,15). The third kappa shape index (κ3) is 3.91. The highest BCUT2D eigenvalue weighted by atomic mass is 32.2. The molecule has 0 aliphatic carbocycles. The molecule has 0 fully saturated rings. The Morgan fingerprint density at radius 2 is 2.11 bits per heavy atom. The summed E-state index contributed by atoms with van der Waals surface area (Å²) in [7, 11) is -2.57. The quantitative estimate of drug-likeness (QED) is 0.682. The van der Waals surface area contributed by atoms with Crippen LogP contribution in [0.1, 0.15) is 17.3 Å². The van der Waals surface area contributed by atoms with Gasteiger partial charge in [-0.3, -0.25) is 0 Å². The van der Waals surface area contributed by atoms with Gasteiger partial charge in [-0.15, -0.1) is 0 Å². The number of aromatic carboxylic acids is 1. The van der Waals surface area contributed by atoms with Crippen molar-refractivity contribution in [3.63, 3.8) is 0 Å². The van der Waals surface area contributed by atoms with Crippen LogP contribution in [-0.4, -0.2) is 44.4 Å². The molecule has 0 aliphatic heterocycles. The number of carboxylic acid groups (broad SMARTS) is 1. The van der Waals surface area contributed by atoms with Gasteiger partial charge < -0.3 is 14.9 Å². The largest absolute Gasteiger partial charge is 0.496 e. The summed E-state index contributed by atoms with van der Waals surface area (Å²) in [4.78, 5) is 10.8. The van der Waals surface area contributed by atoms with E-state index < -0.39 is 22.1 Å². The van der Waals surface area contributed by atoms with Crippen molar-refractivity contribution >= 4 is 16.0 Å². The number of carbonyl (C=O) groups is 1. The smallest absolute Gasteiger partial charge is 0.339 e. The minimum Gasteiger partial charge on any atom is -0.496 e.